The lowest BCUT2D eigenvalue weighted by Gasteiger charge is -2.20. The molecule has 0 amide bonds. The fourth-order valence-corrected chi connectivity index (χ4v) is 4.31. The minimum Gasteiger partial charge on any atom is -0.466 e. The van der Waals surface area contributed by atoms with Crippen LogP contribution in [-0.2, 0) is 16.1 Å². The second kappa shape index (κ2) is 6.07. The highest BCUT2D eigenvalue weighted by atomic mass is 16.5. The quantitative estimate of drug-likeness (QED) is 0.776. The maximum absolute atomic E-state index is 12.1. The number of carbonyl (C=O) groups excluding carboxylic acids is 1. The SMILES string of the molecule is Cc1cc(-c2nnc(COC(=O)C[C@@H]3C[C@@H]4CC[C@@H]3C4)o2)c(C)o1. The summed E-state index contributed by atoms with van der Waals surface area (Å²) in [7, 11) is 0. The van der Waals surface area contributed by atoms with Crippen molar-refractivity contribution in [1.82, 2.24) is 10.2 Å². The van der Waals surface area contributed by atoms with Gasteiger partial charge in [-0.3, -0.25) is 4.79 Å². The molecule has 2 aliphatic rings. The number of hydrogen-bond acceptors (Lipinski definition) is 6. The third-order valence-electron chi connectivity index (χ3n) is 5.41. The second-order valence-corrected chi connectivity index (χ2v) is 7.13. The number of furan rings is 1. The Morgan fingerprint density at radius 2 is 2.12 bits per heavy atom. The maximum atomic E-state index is 12.1. The predicted molar refractivity (Wildman–Crippen MR) is 84.8 cm³/mol. The molecule has 0 aliphatic heterocycles. The van der Waals surface area contributed by atoms with Crippen molar-refractivity contribution in [3.8, 4) is 11.5 Å². The van der Waals surface area contributed by atoms with Gasteiger partial charge in [-0.1, -0.05) is 6.42 Å². The van der Waals surface area contributed by atoms with Gasteiger partial charge in [-0.25, -0.2) is 0 Å². The molecule has 24 heavy (non-hydrogen) atoms. The molecule has 2 saturated carbocycles. The first kappa shape index (κ1) is 15.4. The van der Waals surface area contributed by atoms with Crippen LogP contribution in [0.4, 0.5) is 0 Å². The molecular weight excluding hydrogens is 308 g/mol. The molecule has 0 unspecified atom stereocenters. The van der Waals surface area contributed by atoms with Gasteiger partial charge in [0, 0.05) is 6.42 Å². The van der Waals surface area contributed by atoms with E-state index in [-0.39, 0.29) is 12.6 Å². The number of esters is 1. The Morgan fingerprint density at radius 3 is 2.79 bits per heavy atom. The van der Waals surface area contributed by atoms with Crippen molar-refractivity contribution in [2.45, 2.75) is 52.6 Å². The molecule has 4 rings (SSSR count). The summed E-state index contributed by atoms with van der Waals surface area (Å²) in [4.78, 5) is 12.1. The number of fused-ring (bicyclic) bond motifs is 2. The van der Waals surface area contributed by atoms with E-state index in [9.17, 15) is 4.79 Å². The zero-order valence-electron chi connectivity index (χ0n) is 14.1. The molecule has 0 radical (unpaired) electrons. The standard InChI is InChI=1S/C18H22N2O4/c1-10-5-15(11(2)23-10)18-20-19-16(24-18)9-22-17(21)8-14-7-12-3-4-13(14)6-12/h5,12-14H,3-4,6-9H2,1-2H3/t12-,13-,14+/m1/s1. The predicted octanol–water partition coefficient (Wildman–Crippen LogP) is 3.82. The van der Waals surface area contributed by atoms with E-state index in [1.165, 1.54) is 25.7 Å². The van der Waals surface area contributed by atoms with Gasteiger partial charge in [0.15, 0.2) is 6.61 Å². The van der Waals surface area contributed by atoms with Gasteiger partial charge in [0.05, 0.1) is 5.56 Å². The van der Waals surface area contributed by atoms with E-state index < -0.39 is 0 Å². The highest BCUT2D eigenvalue weighted by molar-refractivity contribution is 5.69. The molecule has 2 aromatic heterocycles. The monoisotopic (exact) mass is 330 g/mol. The molecule has 6 heteroatoms. The Balaban J connectivity index is 1.31. The summed E-state index contributed by atoms with van der Waals surface area (Å²) in [5.74, 6) is 4.13. The zero-order valence-corrected chi connectivity index (χ0v) is 14.1. The summed E-state index contributed by atoms with van der Waals surface area (Å²) >= 11 is 0. The Morgan fingerprint density at radius 1 is 1.25 bits per heavy atom. The van der Waals surface area contributed by atoms with Gasteiger partial charge in [0.2, 0.25) is 0 Å². The summed E-state index contributed by atoms with van der Waals surface area (Å²) in [5.41, 5.74) is 0.777. The van der Waals surface area contributed by atoms with Crippen LogP contribution in [0.15, 0.2) is 14.9 Å². The first-order valence-electron chi connectivity index (χ1n) is 8.64. The fourth-order valence-electron chi connectivity index (χ4n) is 4.31. The summed E-state index contributed by atoms with van der Waals surface area (Å²) in [6, 6.07) is 1.85. The zero-order chi connectivity index (χ0) is 16.7. The highest BCUT2D eigenvalue weighted by Crippen LogP contribution is 2.49. The minimum absolute atomic E-state index is 0.0303. The third-order valence-corrected chi connectivity index (χ3v) is 5.41. The van der Waals surface area contributed by atoms with Crippen molar-refractivity contribution in [1.29, 1.82) is 0 Å². The Kier molecular flexibility index (Phi) is 3.90. The van der Waals surface area contributed by atoms with E-state index in [1.807, 2.05) is 19.9 Å². The number of aryl methyl sites for hydroxylation is 2. The first-order valence-corrected chi connectivity index (χ1v) is 8.64. The van der Waals surface area contributed by atoms with E-state index >= 15 is 0 Å². The summed E-state index contributed by atoms with van der Waals surface area (Å²) in [6.07, 6.45) is 5.62. The van der Waals surface area contributed by atoms with Crippen LogP contribution in [0.1, 0.15) is 49.5 Å². The molecular formula is C18H22N2O4. The van der Waals surface area contributed by atoms with E-state index in [0.29, 0.717) is 24.1 Å². The second-order valence-electron chi connectivity index (χ2n) is 7.13. The molecule has 0 spiro atoms. The molecule has 6 nitrogen and oxygen atoms in total. The van der Waals surface area contributed by atoms with Crippen molar-refractivity contribution in [2.75, 3.05) is 0 Å². The van der Waals surface area contributed by atoms with Crippen molar-refractivity contribution in [3.63, 3.8) is 0 Å². The lowest BCUT2D eigenvalue weighted by molar-refractivity contribution is -0.147. The molecule has 3 atom stereocenters. The summed E-state index contributed by atoms with van der Waals surface area (Å²) in [5, 5.41) is 7.95. The van der Waals surface area contributed by atoms with Gasteiger partial charge < -0.3 is 13.6 Å². The van der Waals surface area contributed by atoms with Gasteiger partial charge in [-0.05, 0) is 56.9 Å². The Hall–Kier alpha value is -2.11. The first-order chi connectivity index (χ1) is 11.6. The Bertz CT molecular complexity index is 748. The van der Waals surface area contributed by atoms with Gasteiger partial charge in [0.1, 0.15) is 11.5 Å². The normalized spacial score (nSPS) is 25.3. The van der Waals surface area contributed by atoms with E-state index in [1.54, 1.807) is 0 Å². The van der Waals surface area contributed by atoms with Gasteiger partial charge in [0.25, 0.3) is 11.8 Å². The van der Waals surface area contributed by atoms with Crippen molar-refractivity contribution >= 4 is 5.97 Å². The van der Waals surface area contributed by atoms with E-state index in [0.717, 1.165) is 28.9 Å². The third kappa shape index (κ3) is 2.97. The minimum atomic E-state index is -0.164. The van der Waals surface area contributed by atoms with Crippen molar-refractivity contribution in [2.24, 2.45) is 17.8 Å². The van der Waals surface area contributed by atoms with Crippen molar-refractivity contribution < 1.29 is 18.4 Å². The highest BCUT2D eigenvalue weighted by Gasteiger charge is 2.40. The van der Waals surface area contributed by atoms with Crippen molar-refractivity contribution in [3.05, 3.63) is 23.5 Å². The van der Waals surface area contributed by atoms with Gasteiger partial charge >= 0.3 is 5.97 Å². The van der Waals surface area contributed by atoms with Gasteiger partial charge in [-0.2, -0.15) is 0 Å². The smallest absolute Gasteiger partial charge is 0.306 e. The van der Waals surface area contributed by atoms with Crippen LogP contribution in [0.25, 0.3) is 11.5 Å². The maximum Gasteiger partial charge on any atom is 0.306 e. The number of hydrogen-bond donors (Lipinski definition) is 0. The molecule has 128 valence electrons. The van der Waals surface area contributed by atoms with E-state index in [2.05, 4.69) is 10.2 Å². The largest absolute Gasteiger partial charge is 0.466 e. The van der Waals surface area contributed by atoms with Crippen LogP contribution in [-0.4, -0.2) is 16.2 Å². The number of aromatic nitrogens is 2. The number of nitrogens with zero attached hydrogens (tertiary/aromatic N) is 2. The molecule has 2 heterocycles. The average Bonchev–Trinajstić information content (AvgIpc) is 3.29. The molecule has 2 bridgehead atoms. The summed E-state index contributed by atoms with van der Waals surface area (Å²) in [6.45, 7) is 3.75. The van der Waals surface area contributed by atoms with Crippen LogP contribution in [0.2, 0.25) is 0 Å². The number of ether oxygens (including phenoxy) is 1. The molecule has 2 aliphatic carbocycles. The number of rotatable bonds is 5. The molecule has 0 N–H and O–H groups in total. The Labute approximate surface area is 140 Å². The number of carbonyl (C=O) groups is 1. The van der Waals surface area contributed by atoms with Crippen LogP contribution in [0.5, 0.6) is 0 Å². The average molecular weight is 330 g/mol. The van der Waals surface area contributed by atoms with Crippen LogP contribution in [0.3, 0.4) is 0 Å². The van der Waals surface area contributed by atoms with Gasteiger partial charge in [-0.15, -0.1) is 10.2 Å². The lowest BCUT2D eigenvalue weighted by atomic mass is 9.86. The topological polar surface area (TPSA) is 78.4 Å². The molecule has 0 saturated heterocycles. The molecule has 2 aromatic rings. The van der Waals surface area contributed by atoms with Crippen LogP contribution >= 0.6 is 0 Å². The van der Waals surface area contributed by atoms with Crippen LogP contribution < -0.4 is 0 Å². The summed E-state index contributed by atoms with van der Waals surface area (Å²) < 4.78 is 16.4. The van der Waals surface area contributed by atoms with E-state index in [4.69, 9.17) is 13.6 Å². The molecule has 2 fully saturated rings. The lowest BCUT2D eigenvalue weighted by Crippen LogP contribution is -2.17. The fraction of sp³-hybridized carbons (Fsp3) is 0.611. The molecule has 0 aromatic carbocycles. The van der Waals surface area contributed by atoms with Crippen LogP contribution in [0, 0.1) is 31.6 Å².